The molecule has 0 aliphatic heterocycles. The van der Waals surface area contributed by atoms with E-state index < -0.39 is 5.91 Å². The van der Waals surface area contributed by atoms with Gasteiger partial charge in [0, 0.05) is 49.7 Å². The molecule has 3 N–H and O–H groups in total. The first-order valence-corrected chi connectivity index (χ1v) is 10.2. The highest BCUT2D eigenvalue weighted by atomic mass is 16.5. The molecule has 31 heavy (non-hydrogen) atoms. The van der Waals surface area contributed by atoms with E-state index in [2.05, 4.69) is 28.2 Å². The van der Waals surface area contributed by atoms with E-state index in [1.165, 1.54) is 23.9 Å². The Bertz CT molecular complexity index is 1040. The van der Waals surface area contributed by atoms with Crippen molar-refractivity contribution in [2.45, 2.75) is 19.9 Å². The molecule has 7 nitrogen and oxygen atoms in total. The van der Waals surface area contributed by atoms with Crippen LogP contribution < -0.4 is 5.48 Å². The highest BCUT2D eigenvalue weighted by Gasteiger charge is 2.10. The molecule has 1 amide bonds. The maximum Gasteiger partial charge on any atom is 0.302 e. The zero-order valence-electron chi connectivity index (χ0n) is 17.5. The lowest BCUT2D eigenvalue weighted by atomic mass is 10.1. The third-order valence-corrected chi connectivity index (χ3v) is 5.01. The normalized spacial score (nSPS) is 11.3. The zero-order chi connectivity index (χ0) is 22.1. The summed E-state index contributed by atoms with van der Waals surface area (Å²) in [5, 5.41) is 9.78. The number of hydroxylamine groups is 1. The number of aromatic nitrogens is 1. The van der Waals surface area contributed by atoms with Crippen LogP contribution in [-0.2, 0) is 27.3 Å². The Labute approximate surface area is 181 Å². The van der Waals surface area contributed by atoms with Crippen molar-refractivity contribution < 1.29 is 19.5 Å². The van der Waals surface area contributed by atoms with Crippen LogP contribution in [0.4, 0.5) is 0 Å². The van der Waals surface area contributed by atoms with Gasteiger partial charge in [-0.25, -0.2) is 5.48 Å². The highest BCUT2D eigenvalue weighted by Crippen LogP contribution is 2.19. The lowest BCUT2D eigenvalue weighted by molar-refractivity contribution is -0.141. The molecule has 3 rings (SSSR count). The van der Waals surface area contributed by atoms with Gasteiger partial charge in [-0.15, -0.1) is 0 Å². The van der Waals surface area contributed by atoms with Gasteiger partial charge in [-0.05, 0) is 35.3 Å². The predicted molar refractivity (Wildman–Crippen MR) is 119 cm³/mol. The number of amides is 1. The van der Waals surface area contributed by atoms with E-state index in [4.69, 9.17) is 9.94 Å². The van der Waals surface area contributed by atoms with Gasteiger partial charge >= 0.3 is 5.97 Å². The molecule has 0 aliphatic rings. The van der Waals surface area contributed by atoms with Crippen LogP contribution in [0.5, 0.6) is 0 Å². The Kier molecular flexibility index (Phi) is 7.98. The topological polar surface area (TPSA) is 94.7 Å². The summed E-state index contributed by atoms with van der Waals surface area (Å²) in [6.45, 7) is 3.94. The summed E-state index contributed by atoms with van der Waals surface area (Å²) in [5.41, 5.74) is 5.93. The van der Waals surface area contributed by atoms with Gasteiger partial charge < -0.3 is 9.72 Å². The Morgan fingerprint density at radius 2 is 1.90 bits per heavy atom. The lowest BCUT2D eigenvalue weighted by Crippen LogP contribution is -2.30. The molecule has 3 aromatic rings. The number of hydrogen-bond acceptors (Lipinski definition) is 5. The first-order valence-electron chi connectivity index (χ1n) is 10.2. The number of fused-ring (bicyclic) bond motifs is 1. The first kappa shape index (κ1) is 22.3. The molecule has 162 valence electrons. The molecule has 2 aromatic carbocycles. The molecule has 1 heterocycles. The van der Waals surface area contributed by atoms with Crippen molar-refractivity contribution in [3.63, 3.8) is 0 Å². The number of aromatic amines is 1. The maximum atomic E-state index is 11.1. The fourth-order valence-corrected chi connectivity index (χ4v) is 3.41. The lowest BCUT2D eigenvalue weighted by Gasteiger charge is -2.22. The van der Waals surface area contributed by atoms with Crippen LogP contribution in [0.3, 0.4) is 0 Å². The number of nitrogens with one attached hydrogen (secondary N) is 2. The number of H-pyrrole nitrogens is 1. The van der Waals surface area contributed by atoms with Gasteiger partial charge in [-0.1, -0.05) is 42.5 Å². The van der Waals surface area contributed by atoms with Crippen LogP contribution in [0.1, 0.15) is 23.6 Å². The number of benzene rings is 2. The van der Waals surface area contributed by atoms with Gasteiger partial charge in [0.2, 0.25) is 0 Å². The van der Waals surface area contributed by atoms with Crippen molar-refractivity contribution in [1.29, 1.82) is 0 Å². The van der Waals surface area contributed by atoms with Gasteiger partial charge in [0.25, 0.3) is 5.91 Å². The average Bonchev–Trinajstić information content (AvgIpc) is 3.19. The van der Waals surface area contributed by atoms with Crippen molar-refractivity contribution in [2.24, 2.45) is 0 Å². The summed E-state index contributed by atoms with van der Waals surface area (Å²) >= 11 is 0. The van der Waals surface area contributed by atoms with Gasteiger partial charge in [0.1, 0.15) is 6.61 Å². The predicted octanol–water partition coefficient (Wildman–Crippen LogP) is 3.29. The number of carbonyl (C=O) groups is 2. The van der Waals surface area contributed by atoms with Crippen molar-refractivity contribution in [3.05, 3.63) is 77.5 Å². The number of rotatable bonds is 10. The van der Waals surface area contributed by atoms with Crippen LogP contribution in [0.15, 0.2) is 60.8 Å². The average molecular weight is 421 g/mol. The van der Waals surface area contributed by atoms with E-state index in [9.17, 15) is 9.59 Å². The maximum absolute atomic E-state index is 11.1. The van der Waals surface area contributed by atoms with Gasteiger partial charge in [-0.3, -0.25) is 19.7 Å². The van der Waals surface area contributed by atoms with Gasteiger partial charge in [-0.2, -0.15) is 0 Å². The highest BCUT2D eigenvalue weighted by molar-refractivity contribution is 5.90. The van der Waals surface area contributed by atoms with Crippen LogP contribution in [-0.4, -0.2) is 46.7 Å². The Morgan fingerprint density at radius 1 is 1.13 bits per heavy atom. The molecule has 0 atom stereocenters. The van der Waals surface area contributed by atoms with E-state index in [-0.39, 0.29) is 5.97 Å². The summed E-state index contributed by atoms with van der Waals surface area (Å²) < 4.78 is 5.15. The molecule has 0 radical (unpaired) electrons. The quantitative estimate of drug-likeness (QED) is 0.202. The molecule has 1 aromatic heterocycles. The Hall–Kier alpha value is -3.42. The molecule has 0 fully saturated rings. The summed E-state index contributed by atoms with van der Waals surface area (Å²) in [6.07, 6.45) is 5.83. The molecule has 7 heteroatoms. The summed E-state index contributed by atoms with van der Waals surface area (Å²) in [6, 6.07) is 16.1. The summed E-state index contributed by atoms with van der Waals surface area (Å²) in [5.74, 6) is -0.849. The fraction of sp³-hybridized carbons (Fsp3) is 0.250. The molecular formula is C24H27N3O4. The summed E-state index contributed by atoms with van der Waals surface area (Å²) in [7, 11) is 0. The minimum absolute atomic E-state index is 0.278. The van der Waals surface area contributed by atoms with Crippen molar-refractivity contribution in [1.82, 2.24) is 15.4 Å². The second-order valence-electron chi connectivity index (χ2n) is 7.28. The molecule has 0 saturated carbocycles. The number of hydrogen-bond donors (Lipinski definition) is 3. The van der Waals surface area contributed by atoms with Crippen molar-refractivity contribution in [3.8, 4) is 0 Å². The molecular weight excluding hydrogens is 394 g/mol. The largest absolute Gasteiger partial charge is 0.465 e. The first-order chi connectivity index (χ1) is 15.0. The molecule has 0 aliphatic carbocycles. The number of carbonyl (C=O) groups excluding carboxylic acids is 2. The third kappa shape index (κ3) is 6.80. The molecule has 0 unspecified atom stereocenters. The monoisotopic (exact) mass is 421 g/mol. The van der Waals surface area contributed by atoms with Crippen LogP contribution in [0.2, 0.25) is 0 Å². The summed E-state index contributed by atoms with van der Waals surface area (Å²) in [4.78, 5) is 27.8. The number of ether oxygens (including phenoxy) is 1. The Balaban J connectivity index is 1.64. The van der Waals surface area contributed by atoms with Crippen LogP contribution in [0.25, 0.3) is 17.0 Å². The smallest absolute Gasteiger partial charge is 0.302 e. The minimum atomic E-state index is -0.571. The fourth-order valence-electron chi connectivity index (χ4n) is 3.41. The second kappa shape index (κ2) is 11.1. The zero-order valence-corrected chi connectivity index (χ0v) is 17.5. The standard InChI is InChI=1S/C24H27N3O4/c1-18(28)31-15-14-27(13-12-21-16-25-23-5-3-2-4-22(21)23)17-20-8-6-19(7-9-20)10-11-24(29)26-30/h2-11,16,25,30H,12-15,17H2,1H3,(H,26,29). The van der Waals surface area contributed by atoms with Crippen molar-refractivity contribution >= 4 is 28.9 Å². The number of para-hydroxylation sites is 1. The van der Waals surface area contributed by atoms with Gasteiger partial charge in [0.15, 0.2) is 0 Å². The van der Waals surface area contributed by atoms with Crippen LogP contribution in [0, 0.1) is 0 Å². The van der Waals surface area contributed by atoms with E-state index in [0.29, 0.717) is 19.7 Å². The second-order valence-corrected chi connectivity index (χ2v) is 7.28. The number of esters is 1. The Morgan fingerprint density at radius 3 is 2.65 bits per heavy atom. The van der Waals surface area contributed by atoms with Gasteiger partial charge in [0.05, 0.1) is 0 Å². The van der Waals surface area contributed by atoms with E-state index in [1.807, 2.05) is 36.4 Å². The number of nitrogens with zero attached hydrogens (tertiary/aromatic N) is 1. The van der Waals surface area contributed by atoms with Crippen molar-refractivity contribution in [2.75, 3.05) is 19.7 Å². The third-order valence-electron chi connectivity index (χ3n) is 5.01. The minimum Gasteiger partial charge on any atom is -0.465 e. The van der Waals surface area contributed by atoms with E-state index >= 15 is 0 Å². The van der Waals surface area contributed by atoms with E-state index in [1.54, 1.807) is 11.6 Å². The van der Waals surface area contributed by atoms with Crippen LogP contribution >= 0.6 is 0 Å². The molecule has 0 saturated heterocycles. The molecule has 0 bridgehead atoms. The van der Waals surface area contributed by atoms with E-state index in [0.717, 1.165) is 29.6 Å². The SMILES string of the molecule is CC(=O)OCCN(CCc1c[nH]c2ccccc12)Cc1ccc(C=CC(=O)NO)cc1. The molecule has 0 spiro atoms.